The fourth-order valence-electron chi connectivity index (χ4n) is 3.47. The average Bonchev–Trinajstić information content (AvgIpc) is 2.88. The van der Waals surface area contributed by atoms with Crippen molar-refractivity contribution < 1.29 is 5.11 Å². The zero-order chi connectivity index (χ0) is 17.4. The minimum Gasteiger partial charge on any atom is -0.396 e. The fraction of sp³-hybridized carbons (Fsp3) is 0.471. The van der Waals surface area contributed by atoms with Crippen molar-refractivity contribution in [2.24, 2.45) is 0 Å². The molecule has 0 bridgehead atoms. The molecule has 1 aliphatic heterocycles. The summed E-state index contributed by atoms with van der Waals surface area (Å²) in [7, 11) is 0. The quantitative estimate of drug-likeness (QED) is 0.825. The summed E-state index contributed by atoms with van der Waals surface area (Å²) in [5.74, 6) is 0.737. The molecule has 0 spiro atoms. The highest BCUT2D eigenvalue weighted by Crippen LogP contribution is 2.39. The van der Waals surface area contributed by atoms with Gasteiger partial charge >= 0.3 is 0 Å². The molecule has 3 N–H and O–H groups in total. The topological polar surface area (TPSA) is 88.2 Å². The van der Waals surface area contributed by atoms with Crippen LogP contribution in [0.2, 0.25) is 5.15 Å². The molecule has 6 nitrogen and oxygen atoms in total. The SMILES string of the molecule is CCc1c(C)cnc(CN2CC(CO)c3c(Cl)nc(N)nc32)c1C. The predicted molar refractivity (Wildman–Crippen MR) is 95.4 cm³/mol. The van der Waals surface area contributed by atoms with E-state index in [1.807, 2.05) is 6.20 Å². The van der Waals surface area contributed by atoms with Crippen LogP contribution < -0.4 is 10.6 Å². The lowest BCUT2D eigenvalue weighted by atomic mass is 10.0. The standard InChI is InChI=1S/C17H22ClN5O/c1-4-12-9(2)5-20-13(10(12)3)7-23-6-11(8-24)14-15(18)21-17(19)22-16(14)23/h5,11,24H,4,6-8H2,1-3H3,(H2,19,21,22). The number of aliphatic hydroxyl groups is 1. The summed E-state index contributed by atoms with van der Waals surface area (Å²) < 4.78 is 0. The lowest BCUT2D eigenvalue weighted by molar-refractivity contribution is 0.270. The van der Waals surface area contributed by atoms with Gasteiger partial charge in [0.1, 0.15) is 11.0 Å². The van der Waals surface area contributed by atoms with Gasteiger partial charge in [0.15, 0.2) is 0 Å². The molecular weight excluding hydrogens is 326 g/mol. The Balaban J connectivity index is 1.99. The summed E-state index contributed by atoms with van der Waals surface area (Å²) in [4.78, 5) is 15.0. The number of aliphatic hydroxyl groups excluding tert-OH is 1. The molecule has 0 aromatic carbocycles. The number of nitrogens with zero attached hydrogens (tertiary/aromatic N) is 4. The van der Waals surface area contributed by atoms with E-state index in [1.54, 1.807) is 0 Å². The number of pyridine rings is 1. The van der Waals surface area contributed by atoms with E-state index < -0.39 is 0 Å². The second kappa shape index (κ2) is 6.53. The molecule has 2 aromatic heterocycles. The molecule has 3 rings (SSSR count). The smallest absolute Gasteiger partial charge is 0.223 e. The van der Waals surface area contributed by atoms with Gasteiger partial charge in [0.05, 0.1) is 18.8 Å². The summed E-state index contributed by atoms with van der Waals surface area (Å²) >= 11 is 6.23. The number of hydrogen-bond acceptors (Lipinski definition) is 6. The minimum absolute atomic E-state index is 0.00296. The first-order chi connectivity index (χ1) is 11.5. The van der Waals surface area contributed by atoms with Gasteiger partial charge in [-0.1, -0.05) is 18.5 Å². The van der Waals surface area contributed by atoms with Gasteiger partial charge in [0, 0.05) is 24.2 Å². The number of aryl methyl sites for hydroxylation is 1. The van der Waals surface area contributed by atoms with Gasteiger partial charge in [-0.3, -0.25) is 4.98 Å². The van der Waals surface area contributed by atoms with E-state index >= 15 is 0 Å². The highest BCUT2D eigenvalue weighted by atomic mass is 35.5. The Kier molecular flexibility index (Phi) is 4.60. The van der Waals surface area contributed by atoms with Crippen LogP contribution in [-0.2, 0) is 13.0 Å². The van der Waals surface area contributed by atoms with E-state index in [0.29, 0.717) is 24.1 Å². The van der Waals surface area contributed by atoms with Crippen LogP contribution in [0.4, 0.5) is 11.8 Å². The first kappa shape index (κ1) is 16.9. The lowest BCUT2D eigenvalue weighted by Gasteiger charge is -2.21. The van der Waals surface area contributed by atoms with Crippen molar-refractivity contribution in [2.45, 2.75) is 39.7 Å². The summed E-state index contributed by atoms with van der Waals surface area (Å²) in [6.07, 6.45) is 2.90. The number of nitrogen functional groups attached to an aromatic ring is 1. The van der Waals surface area contributed by atoms with Crippen molar-refractivity contribution in [3.8, 4) is 0 Å². The molecule has 1 atom stereocenters. The number of fused-ring (bicyclic) bond motifs is 1. The normalized spacial score (nSPS) is 16.5. The summed E-state index contributed by atoms with van der Waals surface area (Å²) in [5, 5.41) is 10.00. The van der Waals surface area contributed by atoms with Gasteiger partial charge in [0.2, 0.25) is 5.95 Å². The van der Waals surface area contributed by atoms with Gasteiger partial charge in [-0.2, -0.15) is 4.98 Å². The molecule has 7 heteroatoms. The molecule has 24 heavy (non-hydrogen) atoms. The largest absolute Gasteiger partial charge is 0.396 e. The van der Waals surface area contributed by atoms with E-state index in [-0.39, 0.29) is 18.5 Å². The fourth-order valence-corrected chi connectivity index (χ4v) is 3.80. The molecular formula is C17H22ClN5O. The van der Waals surface area contributed by atoms with Gasteiger partial charge < -0.3 is 15.7 Å². The maximum atomic E-state index is 9.68. The Hall–Kier alpha value is -1.92. The highest BCUT2D eigenvalue weighted by molar-refractivity contribution is 6.30. The second-order valence-electron chi connectivity index (χ2n) is 6.21. The third-order valence-corrected chi connectivity index (χ3v) is 5.02. The van der Waals surface area contributed by atoms with E-state index in [4.69, 9.17) is 17.3 Å². The Morgan fingerprint density at radius 3 is 2.79 bits per heavy atom. The van der Waals surface area contributed by atoms with Gasteiger partial charge in [-0.25, -0.2) is 4.98 Å². The van der Waals surface area contributed by atoms with Crippen LogP contribution in [0.1, 0.15) is 40.8 Å². The second-order valence-corrected chi connectivity index (χ2v) is 6.57. The molecule has 0 saturated carbocycles. The van der Waals surface area contributed by atoms with E-state index in [9.17, 15) is 5.11 Å². The highest BCUT2D eigenvalue weighted by Gasteiger charge is 2.33. The summed E-state index contributed by atoms with van der Waals surface area (Å²) in [6, 6.07) is 0. The van der Waals surface area contributed by atoms with Crippen molar-refractivity contribution in [1.29, 1.82) is 0 Å². The van der Waals surface area contributed by atoms with Crippen LogP contribution in [-0.4, -0.2) is 33.2 Å². The molecule has 0 fully saturated rings. The molecule has 0 aliphatic carbocycles. The van der Waals surface area contributed by atoms with Crippen molar-refractivity contribution in [2.75, 3.05) is 23.8 Å². The molecule has 0 amide bonds. The lowest BCUT2D eigenvalue weighted by Crippen LogP contribution is -2.24. The number of anilines is 2. The van der Waals surface area contributed by atoms with E-state index in [2.05, 4.69) is 40.6 Å². The number of nitrogens with two attached hydrogens (primary N) is 1. The van der Waals surface area contributed by atoms with Gasteiger partial charge in [-0.15, -0.1) is 0 Å². The Morgan fingerprint density at radius 2 is 2.12 bits per heavy atom. The van der Waals surface area contributed by atoms with Crippen LogP contribution in [0.15, 0.2) is 6.20 Å². The van der Waals surface area contributed by atoms with Crippen molar-refractivity contribution in [3.05, 3.63) is 39.3 Å². The van der Waals surface area contributed by atoms with E-state index in [1.165, 1.54) is 16.7 Å². The Labute approximate surface area is 146 Å². The van der Waals surface area contributed by atoms with Crippen LogP contribution in [0, 0.1) is 13.8 Å². The van der Waals surface area contributed by atoms with Crippen molar-refractivity contribution in [3.63, 3.8) is 0 Å². The number of hydrogen-bond donors (Lipinski definition) is 2. The molecule has 0 saturated heterocycles. The summed E-state index contributed by atoms with van der Waals surface area (Å²) in [5.41, 5.74) is 11.3. The van der Waals surface area contributed by atoms with Crippen LogP contribution in [0.5, 0.6) is 0 Å². The van der Waals surface area contributed by atoms with Crippen LogP contribution in [0.3, 0.4) is 0 Å². The third kappa shape index (κ3) is 2.80. The van der Waals surface area contributed by atoms with E-state index in [0.717, 1.165) is 17.7 Å². The van der Waals surface area contributed by atoms with Crippen LogP contribution >= 0.6 is 11.6 Å². The third-order valence-electron chi connectivity index (χ3n) is 4.74. The molecule has 128 valence electrons. The molecule has 3 heterocycles. The maximum Gasteiger partial charge on any atom is 0.223 e. The number of aromatic nitrogens is 3. The minimum atomic E-state index is -0.107. The maximum absolute atomic E-state index is 9.68. The Morgan fingerprint density at radius 1 is 1.38 bits per heavy atom. The van der Waals surface area contributed by atoms with Gasteiger partial charge in [0.25, 0.3) is 0 Å². The van der Waals surface area contributed by atoms with Crippen molar-refractivity contribution in [1.82, 2.24) is 15.0 Å². The molecule has 0 radical (unpaired) electrons. The van der Waals surface area contributed by atoms with Crippen LogP contribution in [0.25, 0.3) is 0 Å². The molecule has 2 aromatic rings. The average molecular weight is 348 g/mol. The molecule has 1 aliphatic rings. The first-order valence-corrected chi connectivity index (χ1v) is 8.46. The number of halogens is 1. The predicted octanol–water partition coefficient (Wildman–Crippen LogP) is 2.38. The zero-order valence-corrected chi connectivity index (χ0v) is 14.9. The first-order valence-electron chi connectivity index (χ1n) is 8.08. The van der Waals surface area contributed by atoms with Gasteiger partial charge in [-0.05, 0) is 37.0 Å². The molecule has 1 unspecified atom stereocenters. The zero-order valence-electron chi connectivity index (χ0n) is 14.2. The van der Waals surface area contributed by atoms with Crippen molar-refractivity contribution >= 4 is 23.4 Å². The number of rotatable bonds is 4. The summed E-state index contributed by atoms with van der Waals surface area (Å²) in [6.45, 7) is 7.57. The monoisotopic (exact) mass is 347 g/mol. The Bertz CT molecular complexity index is 780.